The van der Waals surface area contributed by atoms with E-state index < -0.39 is 22.0 Å². The fourth-order valence-corrected chi connectivity index (χ4v) is 4.41. The number of nitrogens with one attached hydrogen (secondary N) is 1. The molecule has 168 valence electrons. The summed E-state index contributed by atoms with van der Waals surface area (Å²) in [6, 6.07) is 11.1. The Kier molecular flexibility index (Phi) is 6.94. The minimum atomic E-state index is -3.74. The van der Waals surface area contributed by atoms with Crippen LogP contribution in [0.4, 0.5) is 5.69 Å². The minimum absolute atomic E-state index is 0.254. The van der Waals surface area contributed by atoms with E-state index in [1.807, 2.05) is 31.2 Å². The van der Waals surface area contributed by atoms with E-state index in [1.54, 1.807) is 32.0 Å². The van der Waals surface area contributed by atoms with Crippen molar-refractivity contribution in [2.45, 2.75) is 32.9 Å². The second kappa shape index (κ2) is 9.47. The van der Waals surface area contributed by atoms with Crippen molar-refractivity contribution >= 4 is 21.6 Å². The Labute approximate surface area is 183 Å². The first kappa shape index (κ1) is 22.7. The van der Waals surface area contributed by atoms with E-state index in [4.69, 9.17) is 14.2 Å². The Morgan fingerprint density at radius 3 is 2.39 bits per heavy atom. The van der Waals surface area contributed by atoms with E-state index in [0.717, 1.165) is 16.1 Å². The van der Waals surface area contributed by atoms with Gasteiger partial charge in [-0.1, -0.05) is 17.7 Å². The lowest BCUT2D eigenvalue weighted by Crippen LogP contribution is -2.50. The van der Waals surface area contributed by atoms with Crippen LogP contribution in [-0.4, -0.2) is 52.5 Å². The van der Waals surface area contributed by atoms with Crippen molar-refractivity contribution in [3.05, 3.63) is 48.0 Å². The predicted molar refractivity (Wildman–Crippen MR) is 118 cm³/mol. The summed E-state index contributed by atoms with van der Waals surface area (Å²) < 4.78 is 42.9. The molecule has 31 heavy (non-hydrogen) atoms. The van der Waals surface area contributed by atoms with E-state index in [1.165, 1.54) is 0 Å². The zero-order chi connectivity index (χ0) is 22.6. The van der Waals surface area contributed by atoms with Crippen molar-refractivity contribution in [1.82, 2.24) is 5.32 Å². The van der Waals surface area contributed by atoms with Crippen LogP contribution in [0, 0.1) is 6.92 Å². The number of fused-ring (bicyclic) bond motifs is 1. The molecule has 0 spiro atoms. The van der Waals surface area contributed by atoms with Gasteiger partial charge in [-0.3, -0.25) is 9.10 Å². The fourth-order valence-electron chi connectivity index (χ4n) is 3.24. The molecule has 8 nitrogen and oxygen atoms in total. The molecule has 0 saturated carbocycles. The van der Waals surface area contributed by atoms with Crippen LogP contribution in [0.2, 0.25) is 0 Å². The van der Waals surface area contributed by atoms with E-state index in [-0.39, 0.29) is 12.6 Å². The van der Waals surface area contributed by atoms with E-state index >= 15 is 0 Å². The highest BCUT2D eigenvalue weighted by atomic mass is 32.2. The molecule has 0 aromatic heterocycles. The number of hydrogen-bond acceptors (Lipinski definition) is 6. The highest BCUT2D eigenvalue weighted by Gasteiger charge is 2.30. The van der Waals surface area contributed by atoms with Gasteiger partial charge in [0.05, 0.1) is 18.0 Å². The first-order chi connectivity index (χ1) is 14.6. The molecule has 1 N–H and O–H groups in total. The van der Waals surface area contributed by atoms with Crippen molar-refractivity contribution in [2.24, 2.45) is 0 Å². The molecule has 1 aliphatic rings. The molecule has 0 bridgehead atoms. The van der Waals surface area contributed by atoms with Crippen molar-refractivity contribution in [3.63, 3.8) is 0 Å². The van der Waals surface area contributed by atoms with Crippen LogP contribution in [0.5, 0.6) is 17.2 Å². The summed E-state index contributed by atoms with van der Waals surface area (Å²) in [5.74, 6) is 1.27. The van der Waals surface area contributed by atoms with Crippen LogP contribution in [0.3, 0.4) is 0 Å². The van der Waals surface area contributed by atoms with Crippen molar-refractivity contribution in [1.29, 1.82) is 0 Å². The largest absolute Gasteiger partial charge is 0.491 e. The third-order valence-electron chi connectivity index (χ3n) is 4.78. The zero-order valence-corrected chi connectivity index (χ0v) is 18.9. The Hall–Kier alpha value is -2.94. The number of carbonyl (C=O) groups is 1. The molecule has 3 rings (SSSR count). The first-order valence-electron chi connectivity index (χ1n) is 10.0. The number of rotatable bonds is 8. The third kappa shape index (κ3) is 5.81. The molecule has 1 heterocycles. The van der Waals surface area contributed by atoms with Gasteiger partial charge in [0.1, 0.15) is 31.6 Å². The van der Waals surface area contributed by atoms with Gasteiger partial charge in [-0.15, -0.1) is 0 Å². The number of hydrogen-bond donors (Lipinski definition) is 1. The average molecular weight is 449 g/mol. The second-order valence-corrected chi connectivity index (χ2v) is 9.46. The van der Waals surface area contributed by atoms with Gasteiger partial charge >= 0.3 is 0 Å². The highest BCUT2D eigenvalue weighted by Crippen LogP contribution is 2.35. The average Bonchev–Trinajstić information content (AvgIpc) is 2.72. The van der Waals surface area contributed by atoms with Gasteiger partial charge in [-0.2, -0.15) is 0 Å². The van der Waals surface area contributed by atoms with Crippen LogP contribution in [-0.2, 0) is 14.8 Å². The van der Waals surface area contributed by atoms with Gasteiger partial charge in [0.15, 0.2) is 11.5 Å². The molecule has 2 atom stereocenters. The van der Waals surface area contributed by atoms with Crippen LogP contribution in [0.1, 0.15) is 19.4 Å². The molecule has 1 aliphatic heterocycles. The molecule has 0 aliphatic carbocycles. The van der Waals surface area contributed by atoms with Crippen molar-refractivity contribution in [2.75, 3.05) is 30.4 Å². The topological polar surface area (TPSA) is 94.2 Å². The number of sulfonamides is 1. The molecule has 2 aromatic rings. The van der Waals surface area contributed by atoms with Crippen molar-refractivity contribution in [3.8, 4) is 17.2 Å². The molecule has 1 amide bonds. The predicted octanol–water partition coefficient (Wildman–Crippen LogP) is 2.50. The fraction of sp³-hybridized carbons (Fsp3) is 0.409. The zero-order valence-electron chi connectivity index (χ0n) is 18.1. The molecular formula is C22H28N2O6S. The normalized spacial score (nSPS) is 15.0. The summed E-state index contributed by atoms with van der Waals surface area (Å²) in [5, 5.41) is 2.82. The smallest absolute Gasteiger partial charge is 0.243 e. The third-order valence-corrected chi connectivity index (χ3v) is 6.02. The Bertz CT molecular complexity index is 1020. The van der Waals surface area contributed by atoms with E-state index in [2.05, 4.69) is 5.32 Å². The Morgan fingerprint density at radius 2 is 1.74 bits per heavy atom. The number of ether oxygens (including phenoxy) is 3. The van der Waals surface area contributed by atoms with Gasteiger partial charge in [0.2, 0.25) is 15.9 Å². The number of nitrogens with zero attached hydrogens (tertiary/aromatic N) is 1. The van der Waals surface area contributed by atoms with Gasteiger partial charge in [0, 0.05) is 6.07 Å². The number of anilines is 1. The monoisotopic (exact) mass is 448 g/mol. The molecule has 0 fully saturated rings. The van der Waals surface area contributed by atoms with Crippen LogP contribution in [0.15, 0.2) is 42.5 Å². The lowest BCUT2D eigenvalue weighted by atomic mass is 10.2. The van der Waals surface area contributed by atoms with Crippen LogP contribution < -0.4 is 23.8 Å². The quantitative estimate of drug-likeness (QED) is 0.667. The SMILES string of the molecule is Cc1ccc(OC[C@@H](C)NC(=O)[C@@H](C)N(c2ccc3c(c2)OCCO3)S(C)(=O)=O)cc1. The summed E-state index contributed by atoms with van der Waals surface area (Å²) in [6.45, 7) is 6.40. The lowest BCUT2D eigenvalue weighted by Gasteiger charge is -2.30. The number of aryl methyl sites for hydroxylation is 1. The Balaban J connectivity index is 1.69. The standard InChI is InChI=1S/C22H28N2O6S/c1-15-5-8-19(9-6-15)30-14-16(2)23-22(25)17(3)24(31(4,26)27)18-7-10-20-21(13-18)29-12-11-28-20/h5-10,13,16-17H,11-12,14H2,1-4H3,(H,23,25)/t16-,17-/m1/s1. The van der Waals surface area contributed by atoms with Gasteiger partial charge in [-0.05, 0) is 45.0 Å². The molecule has 0 saturated heterocycles. The minimum Gasteiger partial charge on any atom is -0.491 e. The first-order valence-corrected chi connectivity index (χ1v) is 11.9. The maximum atomic E-state index is 12.8. The molecule has 0 unspecified atom stereocenters. The number of amides is 1. The summed E-state index contributed by atoms with van der Waals surface area (Å²) in [5.41, 5.74) is 1.46. The highest BCUT2D eigenvalue weighted by molar-refractivity contribution is 7.92. The molecule has 0 radical (unpaired) electrons. The van der Waals surface area contributed by atoms with Gasteiger partial charge in [0.25, 0.3) is 0 Å². The summed E-state index contributed by atoms with van der Waals surface area (Å²) in [7, 11) is -3.74. The van der Waals surface area contributed by atoms with Crippen LogP contribution in [0.25, 0.3) is 0 Å². The van der Waals surface area contributed by atoms with Crippen molar-refractivity contribution < 1.29 is 27.4 Å². The Morgan fingerprint density at radius 1 is 1.10 bits per heavy atom. The summed E-state index contributed by atoms with van der Waals surface area (Å²) >= 11 is 0. The van der Waals surface area contributed by atoms with Gasteiger partial charge < -0.3 is 19.5 Å². The molecular weight excluding hydrogens is 420 g/mol. The molecule has 2 aromatic carbocycles. The summed E-state index contributed by atoms with van der Waals surface area (Å²) in [4.78, 5) is 12.8. The maximum Gasteiger partial charge on any atom is 0.243 e. The van der Waals surface area contributed by atoms with E-state index in [0.29, 0.717) is 36.1 Å². The van der Waals surface area contributed by atoms with Crippen LogP contribution >= 0.6 is 0 Å². The maximum absolute atomic E-state index is 12.8. The van der Waals surface area contributed by atoms with Gasteiger partial charge in [-0.25, -0.2) is 8.42 Å². The number of carbonyl (C=O) groups excluding carboxylic acids is 1. The lowest BCUT2D eigenvalue weighted by molar-refractivity contribution is -0.122. The molecule has 9 heteroatoms. The second-order valence-electron chi connectivity index (χ2n) is 7.60. The van der Waals surface area contributed by atoms with E-state index in [9.17, 15) is 13.2 Å². The summed E-state index contributed by atoms with van der Waals surface area (Å²) in [6.07, 6.45) is 1.07. The number of benzene rings is 2.